The fourth-order valence-electron chi connectivity index (χ4n) is 2.69. The average Bonchev–Trinajstić information content (AvgIpc) is 2.42. The third kappa shape index (κ3) is 3.43. The Labute approximate surface area is 124 Å². The molecule has 0 heterocycles. The maximum absolute atomic E-state index is 15.4. The van der Waals surface area contributed by atoms with E-state index in [9.17, 15) is 12.8 Å². The van der Waals surface area contributed by atoms with Crippen LogP contribution in [0, 0.1) is 5.82 Å². The molecule has 0 aliphatic heterocycles. The van der Waals surface area contributed by atoms with E-state index >= 15 is 4.39 Å². The Morgan fingerprint density at radius 2 is 1.86 bits per heavy atom. The highest BCUT2D eigenvalue weighted by Crippen LogP contribution is 2.41. The number of hydrogen-bond acceptors (Lipinski definition) is 2. The Kier molecular flexibility index (Phi) is 4.68. The molecule has 118 valence electrons. The first-order valence-corrected chi connectivity index (χ1v) is 8.76. The summed E-state index contributed by atoms with van der Waals surface area (Å²) >= 11 is 0. The van der Waals surface area contributed by atoms with Crippen LogP contribution in [0.5, 0.6) is 0 Å². The number of hydrogen-bond donors (Lipinski definition) is 1. The van der Waals surface area contributed by atoms with Crippen LogP contribution in [0.15, 0.2) is 24.3 Å². The molecule has 21 heavy (non-hydrogen) atoms. The summed E-state index contributed by atoms with van der Waals surface area (Å²) in [4.78, 5) is 0. The molecule has 0 aromatic heterocycles. The second-order valence-electron chi connectivity index (χ2n) is 5.88. The minimum atomic E-state index is -3.55. The third-order valence-electron chi connectivity index (χ3n) is 4.09. The highest BCUT2D eigenvalue weighted by atomic mass is 32.2. The molecule has 1 aromatic carbocycles. The second kappa shape index (κ2) is 6.01. The Balaban J connectivity index is 2.32. The van der Waals surface area contributed by atoms with Gasteiger partial charge in [-0.25, -0.2) is 21.9 Å². The molecular weight excluding hydrogens is 296 g/mol. The van der Waals surface area contributed by atoms with Gasteiger partial charge in [-0.2, -0.15) is 0 Å². The highest BCUT2D eigenvalue weighted by Gasteiger charge is 2.44. The Morgan fingerprint density at radius 1 is 1.24 bits per heavy atom. The zero-order valence-electron chi connectivity index (χ0n) is 12.3. The first kappa shape index (κ1) is 16.4. The molecule has 1 aliphatic carbocycles. The molecule has 2 rings (SSSR count). The van der Waals surface area contributed by atoms with Crippen molar-refractivity contribution in [1.29, 1.82) is 0 Å². The lowest BCUT2D eigenvalue weighted by Gasteiger charge is -2.38. The van der Waals surface area contributed by atoms with Crippen LogP contribution >= 0.6 is 0 Å². The zero-order chi connectivity index (χ0) is 15.7. The molecular formula is C15H21F2NO2S. The molecule has 3 nitrogen and oxygen atoms in total. The summed E-state index contributed by atoms with van der Waals surface area (Å²) in [6.45, 7) is 3.12. The standard InChI is InChI=1S/C15H21F2NO2S/c1-11(2)21(19,20)18-14-5-3-4-10-15(14,17)12-6-8-13(16)9-7-12/h6-9,11,14,18H,3-5,10H2,1-2H3/t14-,15+/m0/s1. The van der Waals surface area contributed by atoms with Crippen molar-refractivity contribution in [3.05, 3.63) is 35.6 Å². The van der Waals surface area contributed by atoms with E-state index < -0.39 is 32.8 Å². The summed E-state index contributed by atoms with van der Waals surface area (Å²) < 4.78 is 55.0. The van der Waals surface area contributed by atoms with Gasteiger partial charge >= 0.3 is 0 Å². The lowest BCUT2D eigenvalue weighted by Crippen LogP contribution is -2.51. The van der Waals surface area contributed by atoms with Crippen LogP contribution in [-0.2, 0) is 15.7 Å². The van der Waals surface area contributed by atoms with Gasteiger partial charge in [-0.15, -0.1) is 0 Å². The zero-order valence-corrected chi connectivity index (χ0v) is 13.1. The quantitative estimate of drug-likeness (QED) is 0.926. The van der Waals surface area contributed by atoms with Crippen molar-refractivity contribution in [2.75, 3.05) is 0 Å². The van der Waals surface area contributed by atoms with E-state index in [1.807, 2.05) is 0 Å². The predicted molar refractivity (Wildman–Crippen MR) is 78.6 cm³/mol. The molecule has 1 aromatic rings. The predicted octanol–water partition coefficient (Wildman–Crippen LogP) is 3.26. The lowest BCUT2D eigenvalue weighted by molar-refractivity contribution is 0.0711. The fraction of sp³-hybridized carbons (Fsp3) is 0.600. The van der Waals surface area contributed by atoms with Gasteiger partial charge in [0.25, 0.3) is 0 Å². The fourth-order valence-corrected chi connectivity index (χ4v) is 3.67. The number of sulfonamides is 1. The largest absolute Gasteiger partial charge is 0.237 e. The summed E-state index contributed by atoms with van der Waals surface area (Å²) in [5.41, 5.74) is -1.45. The van der Waals surface area contributed by atoms with Crippen molar-refractivity contribution in [3.63, 3.8) is 0 Å². The van der Waals surface area contributed by atoms with Gasteiger partial charge in [0, 0.05) is 0 Å². The smallest absolute Gasteiger partial charge is 0.214 e. The van der Waals surface area contributed by atoms with Crippen molar-refractivity contribution in [2.24, 2.45) is 0 Å². The maximum atomic E-state index is 15.4. The van der Waals surface area contributed by atoms with E-state index in [0.717, 1.165) is 6.42 Å². The minimum Gasteiger partial charge on any atom is -0.237 e. The van der Waals surface area contributed by atoms with Gasteiger partial charge in [0.15, 0.2) is 5.67 Å². The average molecular weight is 317 g/mol. The first-order valence-electron chi connectivity index (χ1n) is 7.22. The molecule has 1 aliphatic rings. The Bertz CT molecular complexity index is 586. The molecule has 0 unspecified atom stereocenters. The topological polar surface area (TPSA) is 46.2 Å². The van der Waals surface area contributed by atoms with Crippen LogP contribution in [0.4, 0.5) is 8.78 Å². The number of alkyl halides is 1. The van der Waals surface area contributed by atoms with Gasteiger partial charge in [0.2, 0.25) is 10.0 Å². The van der Waals surface area contributed by atoms with Crippen molar-refractivity contribution < 1.29 is 17.2 Å². The highest BCUT2D eigenvalue weighted by molar-refractivity contribution is 7.90. The van der Waals surface area contributed by atoms with Crippen molar-refractivity contribution in [1.82, 2.24) is 4.72 Å². The third-order valence-corrected chi connectivity index (χ3v) is 5.94. The summed E-state index contributed by atoms with van der Waals surface area (Å²) in [6, 6.07) is 4.41. The summed E-state index contributed by atoms with van der Waals surface area (Å²) in [7, 11) is -3.55. The number of benzene rings is 1. The van der Waals surface area contributed by atoms with E-state index in [1.165, 1.54) is 24.3 Å². The van der Waals surface area contributed by atoms with Gasteiger partial charge in [0.05, 0.1) is 11.3 Å². The normalized spacial score (nSPS) is 27.0. The molecule has 0 saturated heterocycles. The maximum Gasteiger partial charge on any atom is 0.214 e. The van der Waals surface area contributed by atoms with Crippen LogP contribution in [0.3, 0.4) is 0 Å². The van der Waals surface area contributed by atoms with Crippen LogP contribution in [0.2, 0.25) is 0 Å². The SMILES string of the molecule is CC(C)S(=O)(=O)N[C@H]1CCCC[C@@]1(F)c1ccc(F)cc1. The molecule has 2 atom stereocenters. The molecule has 0 spiro atoms. The molecule has 1 saturated carbocycles. The Morgan fingerprint density at radius 3 is 2.43 bits per heavy atom. The minimum absolute atomic E-state index is 0.240. The number of nitrogens with one attached hydrogen (secondary N) is 1. The number of halogens is 2. The van der Waals surface area contributed by atoms with Crippen LogP contribution < -0.4 is 4.72 Å². The van der Waals surface area contributed by atoms with Crippen molar-refractivity contribution >= 4 is 10.0 Å². The number of rotatable bonds is 4. The van der Waals surface area contributed by atoms with Gasteiger partial charge < -0.3 is 0 Å². The van der Waals surface area contributed by atoms with Crippen LogP contribution in [-0.4, -0.2) is 19.7 Å². The Hall–Kier alpha value is -1.01. The van der Waals surface area contributed by atoms with Gasteiger partial charge in [-0.3, -0.25) is 0 Å². The van der Waals surface area contributed by atoms with Crippen molar-refractivity contribution in [2.45, 2.75) is 56.5 Å². The molecule has 6 heteroatoms. The molecule has 0 radical (unpaired) electrons. The molecule has 0 amide bonds. The molecule has 1 fully saturated rings. The second-order valence-corrected chi connectivity index (χ2v) is 8.15. The van der Waals surface area contributed by atoms with Gasteiger partial charge in [-0.05, 0) is 50.8 Å². The van der Waals surface area contributed by atoms with Gasteiger partial charge in [0.1, 0.15) is 5.82 Å². The van der Waals surface area contributed by atoms with Gasteiger partial charge in [-0.1, -0.05) is 18.6 Å². The summed E-state index contributed by atoms with van der Waals surface area (Å²) in [5.74, 6) is -0.433. The monoisotopic (exact) mass is 317 g/mol. The summed E-state index contributed by atoms with van der Waals surface area (Å²) in [5, 5.41) is -0.614. The molecule has 1 N–H and O–H groups in total. The van der Waals surface area contributed by atoms with Crippen LogP contribution in [0.25, 0.3) is 0 Å². The van der Waals surface area contributed by atoms with E-state index in [0.29, 0.717) is 18.4 Å². The summed E-state index contributed by atoms with van der Waals surface area (Å²) in [6.07, 6.45) is 2.15. The van der Waals surface area contributed by atoms with E-state index in [2.05, 4.69) is 4.72 Å². The van der Waals surface area contributed by atoms with E-state index in [4.69, 9.17) is 0 Å². The van der Waals surface area contributed by atoms with E-state index in [1.54, 1.807) is 13.8 Å². The lowest BCUT2D eigenvalue weighted by atomic mass is 9.77. The van der Waals surface area contributed by atoms with Crippen molar-refractivity contribution in [3.8, 4) is 0 Å². The van der Waals surface area contributed by atoms with Crippen LogP contribution in [0.1, 0.15) is 45.1 Å². The first-order chi connectivity index (χ1) is 9.75. The molecule has 0 bridgehead atoms. The van der Waals surface area contributed by atoms with E-state index in [-0.39, 0.29) is 6.42 Å².